The minimum atomic E-state index is -0.216. The maximum absolute atomic E-state index is 12.5. The molecule has 0 fully saturated rings. The van der Waals surface area contributed by atoms with Crippen molar-refractivity contribution in [3.8, 4) is 5.69 Å². The Morgan fingerprint density at radius 3 is 2.74 bits per heavy atom. The zero-order chi connectivity index (χ0) is 19.2. The van der Waals surface area contributed by atoms with Gasteiger partial charge in [-0.05, 0) is 49.9 Å². The van der Waals surface area contributed by atoms with E-state index in [-0.39, 0.29) is 11.2 Å². The highest BCUT2D eigenvalue weighted by Gasteiger charge is 2.18. The summed E-state index contributed by atoms with van der Waals surface area (Å²) < 4.78 is 2.06. The summed E-state index contributed by atoms with van der Waals surface area (Å²) in [6.07, 6.45) is 4.56. The number of aryl methyl sites for hydroxylation is 2. The molecule has 0 aliphatic carbocycles. The molecule has 0 bridgehead atoms. The molecule has 3 rings (SSSR count). The number of carbonyl (C=O) groups is 1. The van der Waals surface area contributed by atoms with Gasteiger partial charge in [0.15, 0.2) is 5.16 Å². The summed E-state index contributed by atoms with van der Waals surface area (Å²) in [7, 11) is 0. The topological polar surface area (TPSA) is 46.9 Å². The van der Waals surface area contributed by atoms with Crippen molar-refractivity contribution >= 4 is 17.7 Å². The van der Waals surface area contributed by atoms with Gasteiger partial charge in [-0.2, -0.15) is 0 Å². The number of benzene rings is 2. The van der Waals surface area contributed by atoms with E-state index in [0.717, 1.165) is 17.3 Å². The van der Waals surface area contributed by atoms with Crippen LogP contribution in [0.25, 0.3) is 5.69 Å². The monoisotopic (exact) mass is 379 g/mol. The first-order valence-corrected chi connectivity index (χ1v) is 10.0. The first kappa shape index (κ1) is 19.2. The lowest BCUT2D eigenvalue weighted by atomic mass is 10.1. The standard InChI is InChI=1S/C22H25N3OS/c1-16-9-10-17(2)20(15-16)25-14-13-24-22(25)27-18(3)21(26)23-12-11-19-7-5-4-6-8-19/h4-10,13-15,18H,11-12H2,1-3H3,(H,23,26). The smallest absolute Gasteiger partial charge is 0.233 e. The highest BCUT2D eigenvalue weighted by Crippen LogP contribution is 2.26. The number of hydrogen-bond donors (Lipinski definition) is 1. The fourth-order valence-corrected chi connectivity index (χ4v) is 3.77. The Morgan fingerprint density at radius 2 is 1.96 bits per heavy atom. The zero-order valence-corrected chi connectivity index (χ0v) is 16.8. The van der Waals surface area contributed by atoms with Crippen LogP contribution < -0.4 is 5.32 Å². The molecule has 1 atom stereocenters. The number of amides is 1. The van der Waals surface area contributed by atoms with Crippen LogP contribution in [0.4, 0.5) is 0 Å². The quantitative estimate of drug-likeness (QED) is 0.622. The number of hydrogen-bond acceptors (Lipinski definition) is 3. The van der Waals surface area contributed by atoms with Crippen molar-refractivity contribution in [2.75, 3.05) is 6.54 Å². The maximum Gasteiger partial charge on any atom is 0.233 e. The molecule has 1 N–H and O–H groups in total. The van der Waals surface area contributed by atoms with Gasteiger partial charge in [0.2, 0.25) is 5.91 Å². The molecule has 140 valence electrons. The minimum absolute atomic E-state index is 0.0337. The van der Waals surface area contributed by atoms with Crippen molar-refractivity contribution in [2.45, 2.75) is 37.6 Å². The van der Waals surface area contributed by atoms with Crippen molar-refractivity contribution in [1.82, 2.24) is 14.9 Å². The molecule has 0 saturated heterocycles. The molecule has 0 spiro atoms. The van der Waals surface area contributed by atoms with E-state index in [4.69, 9.17) is 0 Å². The first-order valence-electron chi connectivity index (χ1n) is 9.14. The Morgan fingerprint density at radius 1 is 1.19 bits per heavy atom. The van der Waals surface area contributed by atoms with Gasteiger partial charge in [0.05, 0.1) is 10.9 Å². The Kier molecular flexibility index (Phi) is 6.35. The van der Waals surface area contributed by atoms with Crippen LogP contribution in [-0.2, 0) is 11.2 Å². The summed E-state index contributed by atoms with van der Waals surface area (Å²) in [4.78, 5) is 16.9. The molecule has 27 heavy (non-hydrogen) atoms. The molecule has 1 amide bonds. The van der Waals surface area contributed by atoms with Crippen LogP contribution in [-0.4, -0.2) is 27.3 Å². The number of thioether (sulfide) groups is 1. The lowest BCUT2D eigenvalue weighted by Gasteiger charge is -2.15. The van der Waals surface area contributed by atoms with E-state index < -0.39 is 0 Å². The van der Waals surface area contributed by atoms with Gasteiger partial charge in [-0.3, -0.25) is 9.36 Å². The predicted molar refractivity (Wildman–Crippen MR) is 112 cm³/mol. The van der Waals surface area contributed by atoms with Gasteiger partial charge in [-0.25, -0.2) is 4.98 Å². The highest BCUT2D eigenvalue weighted by atomic mass is 32.2. The van der Waals surface area contributed by atoms with E-state index in [1.165, 1.54) is 28.5 Å². The maximum atomic E-state index is 12.5. The van der Waals surface area contributed by atoms with Gasteiger partial charge < -0.3 is 5.32 Å². The summed E-state index contributed by atoms with van der Waals surface area (Å²) in [6.45, 7) is 6.72. The van der Waals surface area contributed by atoms with Gasteiger partial charge in [0.1, 0.15) is 0 Å². The number of rotatable bonds is 7. The van der Waals surface area contributed by atoms with Crippen molar-refractivity contribution in [3.63, 3.8) is 0 Å². The molecule has 3 aromatic rings. The molecule has 5 heteroatoms. The molecule has 1 heterocycles. The van der Waals surface area contributed by atoms with Crippen molar-refractivity contribution in [1.29, 1.82) is 0 Å². The molecule has 1 unspecified atom stereocenters. The number of carbonyl (C=O) groups excluding carboxylic acids is 1. The van der Waals surface area contributed by atoms with Crippen molar-refractivity contribution < 1.29 is 4.79 Å². The van der Waals surface area contributed by atoms with Crippen LogP contribution in [0.15, 0.2) is 66.1 Å². The Labute approximate surface area is 165 Å². The average Bonchev–Trinajstić information content (AvgIpc) is 3.12. The molecule has 1 aromatic heterocycles. The average molecular weight is 380 g/mol. The van der Waals surface area contributed by atoms with Gasteiger partial charge in [0.25, 0.3) is 0 Å². The summed E-state index contributed by atoms with van der Waals surface area (Å²) >= 11 is 1.48. The molecule has 0 aliphatic rings. The van der Waals surface area contributed by atoms with Crippen LogP contribution in [0.2, 0.25) is 0 Å². The van der Waals surface area contributed by atoms with Crippen molar-refractivity contribution in [3.05, 3.63) is 77.6 Å². The van der Waals surface area contributed by atoms with E-state index in [0.29, 0.717) is 6.54 Å². The second-order valence-electron chi connectivity index (χ2n) is 6.66. The lowest BCUT2D eigenvalue weighted by Crippen LogP contribution is -2.32. The van der Waals surface area contributed by atoms with E-state index in [1.807, 2.05) is 31.3 Å². The fraction of sp³-hybridized carbons (Fsp3) is 0.273. The van der Waals surface area contributed by atoms with Crippen molar-refractivity contribution in [2.24, 2.45) is 0 Å². The number of nitrogens with zero attached hydrogens (tertiary/aromatic N) is 2. The zero-order valence-electron chi connectivity index (χ0n) is 16.0. The Bertz CT molecular complexity index is 905. The summed E-state index contributed by atoms with van der Waals surface area (Å²) in [5.74, 6) is 0.0337. The van der Waals surface area contributed by atoms with Gasteiger partial charge in [0, 0.05) is 18.9 Å². The van der Waals surface area contributed by atoms with Crippen LogP contribution in [0.3, 0.4) is 0 Å². The third-order valence-electron chi connectivity index (χ3n) is 4.44. The van der Waals surface area contributed by atoms with Crippen LogP contribution in [0.1, 0.15) is 23.6 Å². The van der Waals surface area contributed by atoms with Gasteiger partial charge in [-0.15, -0.1) is 0 Å². The largest absolute Gasteiger partial charge is 0.355 e. The predicted octanol–water partition coefficient (Wildman–Crippen LogP) is 4.33. The molecule has 0 radical (unpaired) electrons. The normalized spacial score (nSPS) is 12.0. The van der Waals surface area contributed by atoms with E-state index in [2.05, 4.69) is 59.0 Å². The molecular formula is C22H25N3OS. The second-order valence-corrected chi connectivity index (χ2v) is 7.96. The molecule has 0 saturated carbocycles. The number of imidazole rings is 1. The van der Waals surface area contributed by atoms with E-state index in [9.17, 15) is 4.79 Å². The minimum Gasteiger partial charge on any atom is -0.355 e. The van der Waals surface area contributed by atoms with Gasteiger partial charge >= 0.3 is 0 Å². The molecule has 2 aromatic carbocycles. The van der Waals surface area contributed by atoms with E-state index in [1.54, 1.807) is 6.20 Å². The Hall–Kier alpha value is -2.53. The number of aromatic nitrogens is 2. The molecular weight excluding hydrogens is 354 g/mol. The van der Waals surface area contributed by atoms with Crippen LogP contribution >= 0.6 is 11.8 Å². The molecule has 4 nitrogen and oxygen atoms in total. The second kappa shape index (κ2) is 8.91. The Balaban J connectivity index is 1.61. The number of nitrogens with one attached hydrogen (secondary N) is 1. The third kappa shape index (κ3) is 5.01. The van der Waals surface area contributed by atoms with Crippen LogP contribution in [0.5, 0.6) is 0 Å². The summed E-state index contributed by atoms with van der Waals surface area (Å²) in [6, 6.07) is 16.5. The molecule has 0 aliphatic heterocycles. The van der Waals surface area contributed by atoms with Gasteiger partial charge in [-0.1, -0.05) is 54.2 Å². The summed E-state index contributed by atoms with van der Waals surface area (Å²) in [5.41, 5.74) is 4.71. The fourth-order valence-electron chi connectivity index (χ4n) is 2.87. The summed E-state index contributed by atoms with van der Waals surface area (Å²) in [5, 5.41) is 3.64. The highest BCUT2D eigenvalue weighted by molar-refractivity contribution is 8.00. The van der Waals surface area contributed by atoms with E-state index >= 15 is 0 Å². The SMILES string of the molecule is Cc1ccc(C)c(-n2ccnc2SC(C)C(=O)NCCc2ccccc2)c1. The first-order chi connectivity index (χ1) is 13.0. The third-order valence-corrected chi connectivity index (χ3v) is 5.52. The van der Waals surface area contributed by atoms with Crippen LogP contribution in [0, 0.1) is 13.8 Å². The lowest BCUT2D eigenvalue weighted by molar-refractivity contribution is -0.120.